The first-order chi connectivity index (χ1) is 6.75. The summed E-state index contributed by atoms with van der Waals surface area (Å²) in [6, 6.07) is 0. The van der Waals surface area contributed by atoms with Gasteiger partial charge in [-0.2, -0.15) is 0 Å². The molecular weight excluding hydrogens is 186 g/mol. The first-order valence-corrected chi connectivity index (χ1v) is 4.29. The summed E-state index contributed by atoms with van der Waals surface area (Å²) in [6.45, 7) is 2.57. The number of rotatable bonds is 5. The molecule has 1 heterocycles. The second kappa shape index (κ2) is 5.05. The van der Waals surface area contributed by atoms with E-state index in [0.717, 1.165) is 12.8 Å². The number of aromatic nitrogens is 2. The minimum absolute atomic E-state index is 0.0693. The van der Waals surface area contributed by atoms with Crippen molar-refractivity contribution in [3.63, 3.8) is 0 Å². The van der Waals surface area contributed by atoms with Gasteiger partial charge in [0.2, 0.25) is 0 Å². The van der Waals surface area contributed by atoms with E-state index in [1.54, 1.807) is 0 Å². The molecule has 0 aliphatic heterocycles. The summed E-state index contributed by atoms with van der Waals surface area (Å²) >= 11 is 0. The van der Waals surface area contributed by atoms with E-state index < -0.39 is 0 Å². The fourth-order valence-corrected chi connectivity index (χ4v) is 0.741. The fraction of sp³-hybridized carbons (Fsp3) is 0.571. The molecule has 0 unspecified atom stereocenters. The Balaban J connectivity index is 2.48. The number of hydrogen-bond donors (Lipinski definition) is 2. The molecule has 14 heavy (non-hydrogen) atoms. The molecule has 0 radical (unpaired) electrons. The second-order valence-electron chi connectivity index (χ2n) is 2.66. The molecule has 0 saturated heterocycles. The van der Waals surface area contributed by atoms with Gasteiger partial charge < -0.3 is 16.3 Å². The summed E-state index contributed by atoms with van der Waals surface area (Å²) in [6.07, 6.45) is 1.95. The molecule has 0 spiro atoms. The number of hydrogen-bond acceptors (Lipinski definition) is 6. The highest BCUT2D eigenvalue weighted by Gasteiger charge is 2.10. The van der Waals surface area contributed by atoms with Crippen LogP contribution in [0.1, 0.15) is 25.5 Å². The van der Waals surface area contributed by atoms with Gasteiger partial charge in [0.1, 0.15) is 6.61 Å². The molecule has 0 bridgehead atoms. The zero-order valence-electron chi connectivity index (χ0n) is 7.93. The summed E-state index contributed by atoms with van der Waals surface area (Å²) in [5.74, 6) is 0.171. The third-order valence-corrected chi connectivity index (χ3v) is 1.51. The van der Waals surface area contributed by atoms with Gasteiger partial charge in [0.05, 0.1) is 0 Å². The Hall–Kier alpha value is -1.79. The Labute approximate surface area is 81.0 Å². The number of nitrogens with two attached hydrogens (primary N) is 2. The van der Waals surface area contributed by atoms with Gasteiger partial charge in [-0.25, -0.2) is 4.63 Å². The summed E-state index contributed by atoms with van der Waals surface area (Å²) in [7, 11) is 0. The molecule has 0 aliphatic carbocycles. The van der Waals surface area contributed by atoms with Crippen molar-refractivity contribution in [1.29, 1.82) is 0 Å². The van der Waals surface area contributed by atoms with Gasteiger partial charge in [-0.05, 0) is 16.7 Å². The molecule has 1 aromatic rings. The maximum absolute atomic E-state index is 5.51. The summed E-state index contributed by atoms with van der Waals surface area (Å²) in [5.41, 5.74) is 11.1. The highest BCUT2D eigenvalue weighted by molar-refractivity contribution is 5.98. The number of oxime groups is 1. The van der Waals surface area contributed by atoms with Gasteiger partial charge in [0.15, 0.2) is 17.3 Å². The molecule has 7 nitrogen and oxygen atoms in total. The topological polar surface area (TPSA) is 113 Å². The Kier molecular flexibility index (Phi) is 3.71. The van der Waals surface area contributed by atoms with Crippen molar-refractivity contribution in [2.24, 2.45) is 10.9 Å². The molecule has 1 aromatic heterocycles. The van der Waals surface area contributed by atoms with Crippen LogP contribution < -0.4 is 11.5 Å². The lowest BCUT2D eigenvalue weighted by Crippen LogP contribution is -2.16. The van der Waals surface area contributed by atoms with Crippen LogP contribution in [0.2, 0.25) is 0 Å². The smallest absolute Gasteiger partial charge is 0.199 e. The number of unbranched alkanes of at least 4 members (excludes halogenated alkanes) is 1. The molecule has 0 aliphatic rings. The van der Waals surface area contributed by atoms with Crippen molar-refractivity contribution >= 4 is 11.7 Å². The first kappa shape index (κ1) is 10.3. The maximum Gasteiger partial charge on any atom is 0.199 e. The van der Waals surface area contributed by atoms with Crippen molar-refractivity contribution in [1.82, 2.24) is 10.3 Å². The van der Waals surface area contributed by atoms with Crippen LogP contribution in [-0.4, -0.2) is 22.8 Å². The van der Waals surface area contributed by atoms with E-state index in [2.05, 4.69) is 27.0 Å². The lowest BCUT2D eigenvalue weighted by Gasteiger charge is -1.97. The van der Waals surface area contributed by atoms with Crippen molar-refractivity contribution in [2.45, 2.75) is 19.8 Å². The summed E-state index contributed by atoms with van der Waals surface area (Å²) < 4.78 is 4.35. The highest BCUT2D eigenvalue weighted by atomic mass is 16.6. The van der Waals surface area contributed by atoms with Gasteiger partial charge in [-0.1, -0.05) is 18.5 Å². The zero-order valence-corrected chi connectivity index (χ0v) is 7.93. The molecule has 0 atom stereocenters. The fourth-order valence-electron chi connectivity index (χ4n) is 0.741. The van der Waals surface area contributed by atoms with E-state index in [-0.39, 0.29) is 17.3 Å². The molecule has 0 aromatic carbocycles. The van der Waals surface area contributed by atoms with E-state index in [4.69, 9.17) is 16.3 Å². The molecule has 0 saturated carbocycles. The molecule has 0 fully saturated rings. The van der Waals surface area contributed by atoms with E-state index in [1.807, 2.05) is 0 Å². The van der Waals surface area contributed by atoms with Gasteiger partial charge in [-0.3, -0.25) is 0 Å². The molecule has 1 rings (SSSR count). The Bertz CT molecular complexity index is 309. The van der Waals surface area contributed by atoms with Gasteiger partial charge in [-0.15, -0.1) is 0 Å². The van der Waals surface area contributed by atoms with Crippen LogP contribution in [0.15, 0.2) is 9.78 Å². The molecule has 0 amide bonds. The number of nitrogen functional groups attached to an aromatic ring is 1. The van der Waals surface area contributed by atoms with Gasteiger partial charge in [0, 0.05) is 0 Å². The van der Waals surface area contributed by atoms with Crippen LogP contribution in [0, 0.1) is 0 Å². The minimum atomic E-state index is 0.0693. The van der Waals surface area contributed by atoms with Crippen molar-refractivity contribution in [3.05, 3.63) is 5.69 Å². The summed E-state index contributed by atoms with van der Waals surface area (Å²) in [5, 5.41) is 10.4. The average Bonchev–Trinajstić information content (AvgIpc) is 2.59. The van der Waals surface area contributed by atoms with E-state index in [0.29, 0.717) is 6.61 Å². The van der Waals surface area contributed by atoms with Crippen molar-refractivity contribution < 1.29 is 9.47 Å². The van der Waals surface area contributed by atoms with Crippen LogP contribution in [0.5, 0.6) is 0 Å². The standard InChI is InChI=1S/C7H13N5O2/c1-2-3-4-13-11-6(8)5-7(9)12-14-10-5/h2-4H2,1H3,(H2,8,11)(H2,9,12). The SMILES string of the molecule is CCCCO/N=C(\N)c1nonc1N. The lowest BCUT2D eigenvalue weighted by molar-refractivity contribution is 0.141. The number of anilines is 1. The first-order valence-electron chi connectivity index (χ1n) is 4.29. The lowest BCUT2D eigenvalue weighted by atomic mass is 10.4. The predicted octanol–water partition coefficient (Wildman–Crippen LogP) is 0.0888. The van der Waals surface area contributed by atoms with Crippen molar-refractivity contribution in [2.75, 3.05) is 12.3 Å². The minimum Gasteiger partial charge on any atom is -0.394 e. The third-order valence-electron chi connectivity index (χ3n) is 1.51. The van der Waals surface area contributed by atoms with Crippen LogP contribution in [0.3, 0.4) is 0 Å². The van der Waals surface area contributed by atoms with Crippen LogP contribution in [0.25, 0.3) is 0 Å². The Morgan fingerprint density at radius 2 is 2.36 bits per heavy atom. The van der Waals surface area contributed by atoms with Crippen LogP contribution >= 0.6 is 0 Å². The van der Waals surface area contributed by atoms with Crippen LogP contribution in [0.4, 0.5) is 5.82 Å². The Morgan fingerprint density at radius 1 is 1.57 bits per heavy atom. The van der Waals surface area contributed by atoms with E-state index in [9.17, 15) is 0 Å². The number of nitrogens with zero attached hydrogens (tertiary/aromatic N) is 3. The predicted molar refractivity (Wildman–Crippen MR) is 50.3 cm³/mol. The normalized spacial score (nSPS) is 11.6. The number of amidine groups is 1. The van der Waals surface area contributed by atoms with Gasteiger partial charge >= 0.3 is 0 Å². The van der Waals surface area contributed by atoms with E-state index >= 15 is 0 Å². The average molecular weight is 199 g/mol. The molecule has 7 heteroatoms. The quantitative estimate of drug-likeness (QED) is 0.300. The maximum atomic E-state index is 5.51. The molecular formula is C7H13N5O2. The largest absolute Gasteiger partial charge is 0.394 e. The van der Waals surface area contributed by atoms with Gasteiger partial charge in [0.25, 0.3) is 0 Å². The molecule has 4 N–H and O–H groups in total. The Morgan fingerprint density at radius 3 is 2.93 bits per heavy atom. The molecule has 78 valence electrons. The van der Waals surface area contributed by atoms with E-state index in [1.165, 1.54) is 0 Å². The monoisotopic (exact) mass is 199 g/mol. The third kappa shape index (κ3) is 2.61. The second-order valence-corrected chi connectivity index (χ2v) is 2.66. The zero-order chi connectivity index (χ0) is 10.4. The van der Waals surface area contributed by atoms with Crippen molar-refractivity contribution in [3.8, 4) is 0 Å². The highest BCUT2D eigenvalue weighted by Crippen LogP contribution is 2.03. The van der Waals surface area contributed by atoms with Crippen LogP contribution in [-0.2, 0) is 4.84 Å². The summed E-state index contributed by atoms with van der Waals surface area (Å²) in [4.78, 5) is 4.91.